The topological polar surface area (TPSA) is 110 Å². The fraction of sp³-hybridized carbons (Fsp3) is 0.240. The third kappa shape index (κ3) is 5.99. The smallest absolute Gasteiger partial charge is 0.274 e. The van der Waals surface area contributed by atoms with E-state index in [4.69, 9.17) is 0 Å². The van der Waals surface area contributed by atoms with Gasteiger partial charge in [-0.1, -0.05) is 55.5 Å². The molecule has 9 heteroatoms. The molecule has 0 aliphatic rings. The fourth-order valence-corrected chi connectivity index (χ4v) is 4.57. The highest BCUT2D eigenvalue weighted by molar-refractivity contribution is 7.92. The second-order valence-electron chi connectivity index (χ2n) is 8.17. The molecule has 1 atom stereocenters. The van der Waals surface area contributed by atoms with E-state index in [1.165, 1.54) is 19.1 Å². The normalized spacial score (nSPS) is 12.1. The lowest BCUT2D eigenvalue weighted by atomic mass is 10.0. The number of nitro benzene ring substituents is 1. The largest absolute Gasteiger partial charge is 0.351 e. The van der Waals surface area contributed by atoms with Gasteiger partial charge in [-0.05, 0) is 42.2 Å². The highest BCUT2D eigenvalue weighted by Gasteiger charge is 2.24. The molecule has 8 nitrogen and oxygen atoms in total. The van der Waals surface area contributed by atoms with E-state index in [1.807, 2.05) is 37.3 Å². The Morgan fingerprint density at radius 1 is 1.03 bits per heavy atom. The zero-order valence-electron chi connectivity index (χ0n) is 19.3. The van der Waals surface area contributed by atoms with Gasteiger partial charge in [0.1, 0.15) is 0 Å². The first-order valence-electron chi connectivity index (χ1n) is 10.7. The molecule has 0 bridgehead atoms. The summed E-state index contributed by atoms with van der Waals surface area (Å²) in [6.45, 7) is 4.02. The highest BCUT2D eigenvalue weighted by Crippen LogP contribution is 2.31. The lowest BCUT2D eigenvalue weighted by molar-refractivity contribution is -0.385. The van der Waals surface area contributed by atoms with Crippen molar-refractivity contribution in [1.29, 1.82) is 0 Å². The Bertz CT molecular complexity index is 1280. The number of hydrogen-bond acceptors (Lipinski definition) is 5. The predicted molar refractivity (Wildman–Crippen MR) is 132 cm³/mol. The first kappa shape index (κ1) is 24.9. The maximum absolute atomic E-state index is 12.6. The summed E-state index contributed by atoms with van der Waals surface area (Å²) in [4.78, 5) is 23.3. The molecule has 178 valence electrons. The maximum atomic E-state index is 12.6. The summed E-state index contributed by atoms with van der Waals surface area (Å²) in [5.74, 6) is -0.0604. The third-order valence-corrected chi connectivity index (χ3v) is 6.75. The molecule has 0 spiro atoms. The number of sulfonamides is 1. The molecule has 1 amide bonds. The molecule has 0 saturated heterocycles. The first-order valence-corrected chi connectivity index (χ1v) is 12.6. The lowest BCUT2D eigenvalue weighted by Gasteiger charge is -2.24. The van der Waals surface area contributed by atoms with Crippen LogP contribution in [-0.2, 0) is 16.6 Å². The van der Waals surface area contributed by atoms with Crippen LogP contribution in [-0.4, -0.2) is 32.0 Å². The maximum Gasteiger partial charge on any atom is 0.274 e. The minimum Gasteiger partial charge on any atom is -0.351 e. The summed E-state index contributed by atoms with van der Waals surface area (Å²) in [5.41, 5.74) is 2.60. The number of hydrogen-bond donors (Lipinski definition) is 1. The van der Waals surface area contributed by atoms with Crippen LogP contribution in [0.4, 0.5) is 11.4 Å². The number of carbonyl (C=O) groups excluding carboxylic acids is 1. The molecular formula is C25H27N3O5S. The van der Waals surface area contributed by atoms with Crippen LogP contribution >= 0.6 is 0 Å². The molecule has 0 unspecified atom stereocenters. The van der Waals surface area contributed by atoms with Crippen molar-refractivity contribution in [3.05, 3.63) is 105 Å². The van der Waals surface area contributed by atoms with Gasteiger partial charge in [-0.15, -0.1) is 0 Å². The van der Waals surface area contributed by atoms with Crippen LogP contribution in [0, 0.1) is 17.0 Å². The van der Waals surface area contributed by atoms with Crippen LogP contribution in [0.3, 0.4) is 0 Å². The van der Waals surface area contributed by atoms with Crippen molar-refractivity contribution >= 4 is 27.3 Å². The number of nitrogens with one attached hydrogen (secondary N) is 1. The minimum absolute atomic E-state index is 0.0201. The summed E-state index contributed by atoms with van der Waals surface area (Å²) in [7, 11) is -3.72. The van der Waals surface area contributed by atoms with E-state index in [0.29, 0.717) is 17.7 Å². The van der Waals surface area contributed by atoms with Crippen LogP contribution in [0.25, 0.3) is 0 Å². The van der Waals surface area contributed by atoms with Crippen molar-refractivity contribution in [2.45, 2.75) is 26.3 Å². The van der Waals surface area contributed by atoms with Crippen molar-refractivity contribution in [2.24, 2.45) is 0 Å². The van der Waals surface area contributed by atoms with Crippen LogP contribution in [0.15, 0.2) is 72.8 Å². The number of nitro groups is 1. The molecule has 3 aromatic rings. The van der Waals surface area contributed by atoms with Crippen LogP contribution < -0.4 is 9.62 Å². The highest BCUT2D eigenvalue weighted by atomic mass is 32.2. The quantitative estimate of drug-likeness (QED) is 0.360. The van der Waals surface area contributed by atoms with Crippen molar-refractivity contribution in [1.82, 2.24) is 5.32 Å². The summed E-state index contributed by atoms with van der Waals surface area (Å²) in [5, 5.41) is 14.2. The van der Waals surface area contributed by atoms with Gasteiger partial charge in [-0.2, -0.15) is 0 Å². The van der Waals surface area contributed by atoms with Crippen LogP contribution in [0.5, 0.6) is 0 Å². The van der Waals surface area contributed by atoms with Crippen molar-refractivity contribution < 1.29 is 18.1 Å². The van der Waals surface area contributed by atoms with Gasteiger partial charge in [-0.25, -0.2) is 8.42 Å². The summed E-state index contributed by atoms with van der Waals surface area (Å²) in [6, 6.07) is 20.9. The Kier molecular flexibility index (Phi) is 7.68. The zero-order valence-corrected chi connectivity index (χ0v) is 20.1. The molecule has 0 heterocycles. The number of carbonyl (C=O) groups is 1. The van der Waals surface area contributed by atoms with Gasteiger partial charge in [-0.3, -0.25) is 19.2 Å². The van der Waals surface area contributed by atoms with Crippen molar-refractivity contribution in [3.63, 3.8) is 0 Å². The first-order chi connectivity index (χ1) is 16.1. The van der Waals surface area contributed by atoms with E-state index in [2.05, 4.69) is 5.32 Å². The Hall–Kier alpha value is -3.72. The monoisotopic (exact) mass is 481 g/mol. The van der Waals surface area contributed by atoms with Gasteiger partial charge in [0.05, 0.1) is 29.0 Å². The minimum atomic E-state index is -3.72. The second-order valence-corrected chi connectivity index (χ2v) is 10.1. The second kappa shape index (κ2) is 10.5. The molecule has 1 N–H and O–H groups in total. The summed E-state index contributed by atoms with van der Waals surface area (Å²) in [6.07, 6.45) is 1.06. The molecule has 0 fully saturated rings. The SMILES string of the molecule is Cc1c(N(Cc2ccc(C(=O)NC[C@@H](C)c3ccccc3)cc2)S(C)(=O)=O)cccc1[N+](=O)[O-]. The summed E-state index contributed by atoms with van der Waals surface area (Å²) >= 11 is 0. The molecule has 0 aliphatic carbocycles. The molecule has 0 aliphatic heterocycles. The Morgan fingerprint density at radius 2 is 1.68 bits per heavy atom. The molecule has 0 radical (unpaired) electrons. The van der Waals surface area contributed by atoms with Gasteiger partial charge < -0.3 is 5.32 Å². The van der Waals surface area contributed by atoms with Gasteiger partial charge in [0.25, 0.3) is 11.6 Å². The van der Waals surface area contributed by atoms with E-state index < -0.39 is 14.9 Å². The molecule has 0 aromatic heterocycles. The van der Waals surface area contributed by atoms with E-state index in [-0.39, 0.29) is 35.3 Å². The molecule has 0 saturated carbocycles. The van der Waals surface area contributed by atoms with Gasteiger partial charge in [0.15, 0.2) is 0 Å². The number of amides is 1. The van der Waals surface area contributed by atoms with Gasteiger partial charge in [0.2, 0.25) is 10.0 Å². The Morgan fingerprint density at radius 3 is 2.26 bits per heavy atom. The molecule has 3 aromatic carbocycles. The average Bonchev–Trinajstić information content (AvgIpc) is 2.81. The van der Waals surface area contributed by atoms with E-state index in [9.17, 15) is 23.3 Å². The predicted octanol–water partition coefficient (Wildman–Crippen LogP) is 4.40. The number of benzene rings is 3. The van der Waals surface area contributed by atoms with Gasteiger partial charge >= 0.3 is 0 Å². The number of nitrogens with zero attached hydrogens (tertiary/aromatic N) is 2. The Balaban J connectivity index is 1.73. The number of rotatable bonds is 9. The lowest BCUT2D eigenvalue weighted by Crippen LogP contribution is -2.30. The molecular weight excluding hydrogens is 454 g/mol. The Labute approximate surface area is 199 Å². The zero-order chi connectivity index (χ0) is 24.9. The fourth-order valence-electron chi connectivity index (χ4n) is 3.64. The van der Waals surface area contributed by atoms with Gasteiger partial charge in [0, 0.05) is 18.2 Å². The van der Waals surface area contributed by atoms with Crippen LogP contribution in [0.2, 0.25) is 0 Å². The third-order valence-electron chi connectivity index (χ3n) is 5.62. The standard InChI is InChI=1S/C25H27N3O5S/c1-18(21-8-5-4-6-9-21)16-26-25(29)22-14-12-20(13-15-22)17-27(34(3,32)33)23-10-7-11-24(19(23)2)28(30)31/h4-15,18H,16-17H2,1-3H3,(H,26,29)/t18-/m1/s1. The molecule has 34 heavy (non-hydrogen) atoms. The van der Waals surface area contributed by atoms with Crippen molar-refractivity contribution in [3.8, 4) is 0 Å². The van der Waals surface area contributed by atoms with Crippen LogP contribution in [0.1, 0.15) is 39.9 Å². The van der Waals surface area contributed by atoms with E-state index in [1.54, 1.807) is 30.3 Å². The van der Waals surface area contributed by atoms with Crippen molar-refractivity contribution in [2.75, 3.05) is 17.1 Å². The summed E-state index contributed by atoms with van der Waals surface area (Å²) < 4.78 is 26.1. The number of anilines is 1. The molecule has 3 rings (SSSR count). The van der Waals surface area contributed by atoms with E-state index >= 15 is 0 Å². The van der Waals surface area contributed by atoms with E-state index in [0.717, 1.165) is 16.1 Å². The average molecular weight is 482 g/mol.